The summed E-state index contributed by atoms with van der Waals surface area (Å²) >= 11 is 0. The standard InChI is InChI=1S/C14H25N3O/c1-5-7-15-12(6-2)10(4)14-16-13(17-18-14)11-8-9(11)3/h9-12,15H,5-8H2,1-4H3. The Bertz CT molecular complexity index is 377. The van der Waals surface area contributed by atoms with E-state index in [2.05, 4.69) is 43.2 Å². The molecule has 1 aliphatic carbocycles. The summed E-state index contributed by atoms with van der Waals surface area (Å²) in [4.78, 5) is 4.58. The van der Waals surface area contributed by atoms with Crippen molar-refractivity contribution in [1.82, 2.24) is 15.5 Å². The van der Waals surface area contributed by atoms with Crippen molar-refractivity contribution in [2.24, 2.45) is 5.92 Å². The lowest BCUT2D eigenvalue weighted by Gasteiger charge is -2.20. The highest BCUT2D eigenvalue weighted by molar-refractivity contribution is 5.09. The zero-order valence-electron chi connectivity index (χ0n) is 11.9. The van der Waals surface area contributed by atoms with Crippen molar-refractivity contribution in [1.29, 1.82) is 0 Å². The number of rotatable bonds is 7. The van der Waals surface area contributed by atoms with E-state index in [9.17, 15) is 0 Å². The summed E-state index contributed by atoms with van der Waals surface area (Å²) in [5.41, 5.74) is 0. The molecule has 1 aromatic heterocycles. The topological polar surface area (TPSA) is 51.0 Å². The predicted molar refractivity (Wildman–Crippen MR) is 71.6 cm³/mol. The van der Waals surface area contributed by atoms with Crippen molar-refractivity contribution < 1.29 is 4.52 Å². The Morgan fingerprint density at radius 1 is 1.44 bits per heavy atom. The van der Waals surface area contributed by atoms with Crippen molar-refractivity contribution in [2.75, 3.05) is 6.54 Å². The summed E-state index contributed by atoms with van der Waals surface area (Å²) < 4.78 is 5.44. The smallest absolute Gasteiger partial charge is 0.231 e. The van der Waals surface area contributed by atoms with Gasteiger partial charge in [0.05, 0.1) is 5.92 Å². The number of hydrogen-bond donors (Lipinski definition) is 1. The van der Waals surface area contributed by atoms with Gasteiger partial charge in [-0.15, -0.1) is 0 Å². The number of nitrogens with zero attached hydrogens (tertiary/aromatic N) is 2. The molecule has 4 heteroatoms. The summed E-state index contributed by atoms with van der Waals surface area (Å²) in [6.45, 7) is 9.84. The Labute approximate surface area is 110 Å². The van der Waals surface area contributed by atoms with Crippen LogP contribution >= 0.6 is 0 Å². The van der Waals surface area contributed by atoms with Gasteiger partial charge >= 0.3 is 0 Å². The summed E-state index contributed by atoms with van der Waals surface area (Å²) in [6, 6.07) is 0.426. The predicted octanol–water partition coefficient (Wildman–Crippen LogP) is 3.07. The molecule has 102 valence electrons. The third-order valence-electron chi connectivity index (χ3n) is 3.99. The van der Waals surface area contributed by atoms with Crippen molar-refractivity contribution in [2.45, 2.75) is 64.8 Å². The van der Waals surface area contributed by atoms with Crippen molar-refractivity contribution >= 4 is 0 Å². The minimum Gasteiger partial charge on any atom is -0.339 e. The van der Waals surface area contributed by atoms with Crippen LogP contribution in [0.3, 0.4) is 0 Å². The molecule has 0 bridgehead atoms. The molecule has 1 heterocycles. The van der Waals surface area contributed by atoms with Crippen LogP contribution in [0.4, 0.5) is 0 Å². The molecule has 1 aliphatic rings. The lowest BCUT2D eigenvalue weighted by Crippen LogP contribution is -2.33. The van der Waals surface area contributed by atoms with Crippen LogP contribution in [0.5, 0.6) is 0 Å². The number of hydrogen-bond acceptors (Lipinski definition) is 4. The second-order valence-electron chi connectivity index (χ2n) is 5.57. The normalized spacial score (nSPS) is 26.0. The van der Waals surface area contributed by atoms with Gasteiger partial charge in [0, 0.05) is 12.0 Å². The molecule has 0 saturated heterocycles. The third-order valence-corrected chi connectivity index (χ3v) is 3.99. The number of nitrogens with one attached hydrogen (secondary N) is 1. The molecule has 1 fully saturated rings. The van der Waals surface area contributed by atoms with Crippen molar-refractivity contribution in [3.63, 3.8) is 0 Å². The van der Waals surface area contributed by atoms with Gasteiger partial charge in [0.25, 0.3) is 0 Å². The molecule has 0 aromatic carbocycles. The quantitative estimate of drug-likeness (QED) is 0.809. The fourth-order valence-electron chi connectivity index (χ4n) is 2.44. The second-order valence-corrected chi connectivity index (χ2v) is 5.57. The Morgan fingerprint density at radius 2 is 2.17 bits per heavy atom. The van der Waals surface area contributed by atoms with Crippen LogP contribution in [-0.2, 0) is 0 Å². The monoisotopic (exact) mass is 251 g/mol. The van der Waals surface area contributed by atoms with Crippen molar-refractivity contribution in [3.05, 3.63) is 11.7 Å². The summed E-state index contributed by atoms with van der Waals surface area (Å²) in [7, 11) is 0. The number of aromatic nitrogens is 2. The van der Waals surface area contributed by atoms with Crippen LogP contribution in [0.25, 0.3) is 0 Å². The first kappa shape index (κ1) is 13.5. The largest absolute Gasteiger partial charge is 0.339 e. The van der Waals surface area contributed by atoms with Gasteiger partial charge in [-0.05, 0) is 31.7 Å². The molecule has 1 aromatic rings. The molecule has 0 radical (unpaired) electrons. The zero-order chi connectivity index (χ0) is 13.1. The molecule has 0 spiro atoms. The summed E-state index contributed by atoms with van der Waals surface area (Å²) in [5, 5.41) is 7.69. The lowest BCUT2D eigenvalue weighted by molar-refractivity contribution is 0.317. The molecule has 4 unspecified atom stereocenters. The fourth-order valence-corrected chi connectivity index (χ4v) is 2.44. The summed E-state index contributed by atoms with van der Waals surface area (Å²) in [5.74, 6) is 3.26. The van der Waals surface area contributed by atoms with Gasteiger partial charge in [-0.1, -0.05) is 32.9 Å². The Balaban J connectivity index is 1.98. The van der Waals surface area contributed by atoms with E-state index in [1.807, 2.05) is 0 Å². The molecule has 1 saturated carbocycles. The van der Waals surface area contributed by atoms with E-state index in [1.54, 1.807) is 0 Å². The Hall–Kier alpha value is -0.900. The highest BCUT2D eigenvalue weighted by atomic mass is 16.5. The second kappa shape index (κ2) is 5.83. The molecule has 1 N–H and O–H groups in total. The van der Waals surface area contributed by atoms with Gasteiger partial charge < -0.3 is 9.84 Å². The van der Waals surface area contributed by atoms with E-state index in [4.69, 9.17) is 4.52 Å². The van der Waals surface area contributed by atoms with Gasteiger partial charge in [-0.3, -0.25) is 0 Å². The molecule has 0 aliphatic heterocycles. The molecular weight excluding hydrogens is 226 g/mol. The molecule has 0 amide bonds. The van der Waals surface area contributed by atoms with Crippen molar-refractivity contribution in [3.8, 4) is 0 Å². The van der Waals surface area contributed by atoms with Crippen LogP contribution < -0.4 is 5.32 Å². The molecular formula is C14H25N3O. The highest BCUT2D eigenvalue weighted by Crippen LogP contribution is 2.45. The maximum atomic E-state index is 5.44. The van der Waals surface area contributed by atoms with Crippen LogP contribution in [0.2, 0.25) is 0 Å². The van der Waals surface area contributed by atoms with Crippen LogP contribution in [0.15, 0.2) is 4.52 Å². The first-order chi connectivity index (χ1) is 8.67. The first-order valence-corrected chi connectivity index (χ1v) is 7.24. The van der Waals surface area contributed by atoms with E-state index in [1.165, 1.54) is 6.42 Å². The van der Waals surface area contributed by atoms with Gasteiger partial charge in [-0.2, -0.15) is 4.98 Å². The van der Waals surface area contributed by atoms with Crippen LogP contribution in [-0.4, -0.2) is 22.7 Å². The summed E-state index contributed by atoms with van der Waals surface area (Å²) in [6.07, 6.45) is 3.44. The van der Waals surface area contributed by atoms with E-state index in [0.717, 1.165) is 37.0 Å². The van der Waals surface area contributed by atoms with E-state index in [-0.39, 0.29) is 5.92 Å². The molecule has 18 heavy (non-hydrogen) atoms. The Morgan fingerprint density at radius 3 is 2.72 bits per heavy atom. The zero-order valence-corrected chi connectivity index (χ0v) is 11.9. The molecule has 4 nitrogen and oxygen atoms in total. The minimum absolute atomic E-state index is 0.289. The van der Waals surface area contributed by atoms with E-state index in [0.29, 0.717) is 12.0 Å². The Kier molecular flexibility index (Phi) is 4.38. The third kappa shape index (κ3) is 2.91. The van der Waals surface area contributed by atoms with Crippen LogP contribution in [0, 0.1) is 5.92 Å². The van der Waals surface area contributed by atoms with Gasteiger partial charge in [-0.25, -0.2) is 0 Å². The molecule has 2 rings (SSSR count). The highest BCUT2D eigenvalue weighted by Gasteiger charge is 2.38. The van der Waals surface area contributed by atoms with Gasteiger partial charge in [0.2, 0.25) is 5.89 Å². The van der Waals surface area contributed by atoms with Gasteiger partial charge in [0.1, 0.15) is 0 Å². The van der Waals surface area contributed by atoms with E-state index < -0.39 is 0 Å². The average Bonchev–Trinajstić information content (AvgIpc) is 2.92. The average molecular weight is 251 g/mol. The first-order valence-electron chi connectivity index (χ1n) is 7.24. The fraction of sp³-hybridized carbons (Fsp3) is 0.857. The van der Waals surface area contributed by atoms with Gasteiger partial charge in [0.15, 0.2) is 5.82 Å². The SMILES string of the molecule is CCCNC(CC)C(C)c1nc(C2CC2C)no1. The maximum absolute atomic E-state index is 5.44. The maximum Gasteiger partial charge on any atom is 0.231 e. The van der Waals surface area contributed by atoms with E-state index >= 15 is 0 Å². The van der Waals surface area contributed by atoms with Crippen LogP contribution in [0.1, 0.15) is 70.5 Å². The molecule has 4 atom stereocenters. The minimum atomic E-state index is 0.289. The lowest BCUT2D eigenvalue weighted by atomic mass is 9.99.